The summed E-state index contributed by atoms with van der Waals surface area (Å²) in [5.41, 5.74) is 2.18. The van der Waals surface area contributed by atoms with Gasteiger partial charge in [-0.15, -0.1) is 0 Å². The lowest BCUT2D eigenvalue weighted by molar-refractivity contribution is -0.130. The predicted octanol–water partition coefficient (Wildman–Crippen LogP) is 7.27. The maximum Gasteiger partial charge on any atom is 0.338 e. The first-order chi connectivity index (χ1) is 17.1. The van der Waals surface area contributed by atoms with E-state index in [1.54, 1.807) is 74.5 Å². The molecule has 182 valence electrons. The molecule has 0 saturated heterocycles. The fourth-order valence-corrected chi connectivity index (χ4v) is 2.89. The summed E-state index contributed by atoms with van der Waals surface area (Å²) in [5.74, 6) is -2.27. The Balaban J connectivity index is 1.68. The van der Waals surface area contributed by atoms with Gasteiger partial charge in [-0.3, -0.25) is 0 Å². The van der Waals surface area contributed by atoms with Crippen LogP contribution in [-0.4, -0.2) is 11.9 Å². The maximum absolute atomic E-state index is 14.6. The van der Waals surface area contributed by atoms with E-state index in [1.807, 2.05) is 0 Å². The van der Waals surface area contributed by atoms with Gasteiger partial charge in [0.15, 0.2) is 11.6 Å². The first kappa shape index (κ1) is 26.0. The average Bonchev–Trinajstić information content (AvgIpc) is 2.86. The summed E-state index contributed by atoms with van der Waals surface area (Å²) in [6.07, 6.45) is 6.18. The van der Waals surface area contributed by atoms with Crippen LogP contribution in [-0.2, 0) is 9.59 Å². The molecule has 6 heteroatoms. The first-order valence-electron chi connectivity index (χ1n) is 10.9. The highest BCUT2D eigenvalue weighted by Gasteiger charge is 2.10. The molecule has 0 radical (unpaired) electrons. The van der Waals surface area contributed by atoms with E-state index < -0.39 is 23.6 Å². The Labute approximate surface area is 208 Å². The number of benzene rings is 3. The highest BCUT2D eigenvalue weighted by atomic mass is 19.2. The maximum atomic E-state index is 14.6. The summed E-state index contributed by atoms with van der Waals surface area (Å²) in [6.45, 7) is 10.2. The molecule has 0 N–H and O–H groups in total. The molecule has 0 saturated carbocycles. The van der Waals surface area contributed by atoms with Crippen molar-refractivity contribution in [3.8, 4) is 11.5 Å². The SMILES string of the molecule is C=C(C)C(=O)Oc1ccc(C=Cc2ccc(C=Cc3ccc(OC(=O)C(=C)C)cc3)c(F)c2F)cc1. The largest absolute Gasteiger partial charge is 0.423 e. The molecule has 0 aliphatic carbocycles. The Hall–Kier alpha value is -4.58. The van der Waals surface area contributed by atoms with Gasteiger partial charge >= 0.3 is 11.9 Å². The second kappa shape index (κ2) is 11.7. The van der Waals surface area contributed by atoms with Gasteiger partial charge in [-0.1, -0.05) is 73.9 Å². The normalized spacial score (nSPS) is 11.0. The van der Waals surface area contributed by atoms with Crippen LogP contribution < -0.4 is 9.47 Å². The van der Waals surface area contributed by atoms with Crippen molar-refractivity contribution in [2.75, 3.05) is 0 Å². The molecule has 0 spiro atoms. The number of esters is 2. The first-order valence-corrected chi connectivity index (χ1v) is 10.9. The van der Waals surface area contributed by atoms with Gasteiger partial charge < -0.3 is 9.47 Å². The lowest BCUT2D eigenvalue weighted by atomic mass is 10.1. The fourth-order valence-electron chi connectivity index (χ4n) is 2.89. The highest BCUT2D eigenvalue weighted by Crippen LogP contribution is 2.22. The zero-order valence-electron chi connectivity index (χ0n) is 19.9. The van der Waals surface area contributed by atoms with Crippen molar-refractivity contribution in [2.45, 2.75) is 13.8 Å². The highest BCUT2D eigenvalue weighted by molar-refractivity contribution is 5.89. The van der Waals surface area contributed by atoms with Gasteiger partial charge in [-0.25, -0.2) is 18.4 Å². The van der Waals surface area contributed by atoms with Gasteiger partial charge in [0, 0.05) is 22.3 Å². The molecule has 0 bridgehead atoms. The third-order valence-corrected chi connectivity index (χ3v) is 4.93. The summed E-state index contributed by atoms with van der Waals surface area (Å²) in [7, 11) is 0. The molecule has 36 heavy (non-hydrogen) atoms. The molecule has 4 nitrogen and oxygen atoms in total. The van der Waals surface area contributed by atoms with Crippen molar-refractivity contribution in [3.05, 3.63) is 119 Å². The Morgan fingerprint density at radius 1 is 0.611 bits per heavy atom. The number of carbonyl (C=O) groups excluding carboxylic acids is 2. The smallest absolute Gasteiger partial charge is 0.338 e. The van der Waals surface area contributed by atoms with Gasteiger partial charge in [-0.2, -0.15) is 0 Å². The summed E-state index contributed by atoms with van der Waals surface area (Å²) in [4.78, 5) is 23.1. The van der Waals surface area contributed by atoms with Crippen LogP contribution in [0.3, 0.4) is 0 Å². The molecule has 0 aliphatic rings. The molecule has 3 rings (SSSR count). The van der Waals surface area contributed by atoms with Gasteiger partial charge in [0.05, 0.1) is 0 Å². The minimum Gasteiger partial charge on any atom is -0.423 e. The number of halogens is 2. The van der Waals surface area contributed by atoms with Crippen LogP contribution >= 0.6 is 0 Å². The van der Waals surface area contributed by atoms with E-state index in [0.717, 1.165) is 0 Å². The van der Waals surface area contributed by atoms with Crippen LogP contribution in [0, 0.1) is 11.6 Å². The minimum atomic E-state index is -0.970. The third kappa shape index (κ3) is 6.96. The molecule has 0 fully saturated rings. The molecule has 0 aliphatic heterocycles. The van der Waals surface area contributed by atoms with Crippen LogP contribution in [0.1, 0.15) is 36.1 Å². The van der Waals surface area contributed by atoms with E-state index in [-0.39, 0.29) is 22.3 Å². The van der Waals surface area contributed by atoms with Crippen LogP contribution in [0.5, 0.6) is 11.5 Å². The van der Waals surface area contributed by atoms with Gasteiger partial charge in [-0.05, 0) is 49.2 Å². The second-order valence-electron chi connectivity index (χ2n) is 8.02. The molecule has 0 unspecified atom stereocenters. The Bertz CT molecular complexity index is 1260. The number of hydrogen-bond acceptors (Lipinski definition) is 4. The van der Waals surface area contributed by atoms with Crippen LogP contribution in [0.2, 0.25) is 0 Å². The number of hydrogen-bond donors (Lipinski definition) is 0. The van der Waals surface area contributed by atoms with Crippen LogP contribution in [0.15, 0.2) is 85.0 Å². The standard InChI is InChI=1S/C30H24F2O4/c1-19(2)29(33)35-25-15-7-21(8-16-25)5-11-23-13-14-24(28(32)27(23)31)12-6-22-9-17-26(18-10-22)36-30(34)20(3)4/h5-18H,1,3H2,2,4H3. The summed E-state index contributed by atoms with van der Waals surface area (Å²) in [6, 6.07) is 16.1. The summed E-state index contributed by atoms with van der Waals surface area (Å²) >= 11 is 0. The molecular weight excluding hydrogens is 462 g/mol. The molecule has 0 amide bonds. The summed E-state index contributed by atoms with van der Waals surface area (Å²) < 4.78 is 39.5. The summed E-state index contributed by atoms with van der Waals surface area (Å²) in [5, 5.41) is 0. The van der Waals surface area contributed by atoms with E-state index in [9.17, 15) is 18.4 Å². The molecular formula is C30H24F2O4. The minimum absolute atomic E-state index is 0.0890. The quantitative estimate of drug-likeness (QED) is 0.145. The van der Waals surface area contributed by atoms with Crippen molar-refractivity contribution in [1.29, 1.82) is 0 Å². The lowest BCUT2D eigenvalue weighted by Gasteiger charge is -2.05. The molecule has 3 aromatic carbocycles. The number of rotatable bonds is 8. The van der Waals surface area contributed by atoms with Crippen molar-refractivity contribution < 1.29 is 27.8 Å². The molecule has 0 aromatic heterocycles. The Morgan fingerprint density at radius 3 is 1.25 bits per heavy atom. The van der Waals surface area contributed by atoms with Gasteiger partial charge in [0.1, 0.15) is 11.5 Å². The van der Waals surface area contributed by atoms with Gasteiger partial charge in [0.25, 0.3) is 0 Å². The molecule has 3 aromatic rings. The van der Waals surface area contributed by atoms with E-state index in [4.69, 9.17) is 9.47 Å². The molecule has 0 atom stereocenters. The zero-order valence-corrected chi connectivity index (χ0v) is 19.9. The Morgan fingerprint density at radius 2 is 0.944 bits per heavy atom. The average molecular weight is 487 g/mol. The predicted molar refractivity (Wildman–Crippen MR) is 138 cm³/mol. The Kier molecular flexibility index (Phi) is 8.47. The van der Waals surface area contributed by atoms with E-state index in [1.165, 1.54) is 24.3 Å². The monoisotopic (exact) mass is 486 g/mol. The van der Waals surface area contributed by atoms with Crippen LogP contribution in [0.4, 0.5) is 8.78 Å². The number of carbonyl (C=O) groups is 2. The van der Waals surface area contributed by atoms with E-state index in [2.05, 4.69) is 13.2 Å². The van der Waals surface area contributed by atoms with Crippen molar-refractivity contribution >= 4 is 36.2 Å². The van der Waals surface area contributed by atoms with Crippen molar-refractivity contribution in [2.24, 2.45) is 0 Å². The topological polar surface area (TPSA) is 52.6 Å². The van der Waals surface area contributed by atoms with Crippen LogP contribution in [0.25, 0.3) is 24.3 Å². The fraction of sp³-hybridized carbons (Fsp3) is 0.0667. The lowest BCUT2D eigenvalue weighted by Crippen LogP contribution is -2.07. The van der Waals surface area contributed by atoms with E-state index in [0.29, 0.717) is 22.6 Å². The van der Waals surface area contributed by atoms with Gasteiger partial charge in [0.2, 0.25) is 0 Å². The van der Waals surface area contributed by atoms with E-state index >= 15 is 0 Å². The van der Waals surface area contributed by atoms with Crippen molar-refractivity contribution in [1.82, 2.24) is 0 Å². The van der Waals surface area contributed by atoms with Crippen molar-refractivity contribution in [3.63, 3.8) is 0 Å². The number of ether oxygens (including phenoxy) is 2. The molecule has 0 heterocycles. The third-order valence-electron chi connectivity index (χ3n) is 4.93. The zero-order chi connectivity index (χ0) is 26.2. The second-order valence-corrected chi connectivity index (χ2v) is 8.02.